The van der Waals surface area contributed by atoms with Crippen molar-refractivity contribution in [3.05, 3.63) is 42.1 Å². The SMILES string of the molecule is COC(=O)CN(Cc1ccnc2ccccc12)C(C)C. The van der Waals surface area contributed by atoms with Gasteiger partial charge in [0, 0.05) is 24.2 Å². The van der Waals surface area contributed by atoms with Gasteiger partial charge in [-0.1, -0.05) is 18.2 Å². The van der Waals surface area contributed by atoms with Gasteiger partial charge >= 0.3 is 5.97 Å². The van der Waals surface area contributed by atoms with Crippen LogP contribution in [0.15, 0.2) is 36.5 Å². The van der Waals surface area contributed by atoms with Crippen molar-refractivity contribution >= 4 is 16.9 Å². The highest BCUT2D eigenvalue weighted by molar-refractivity contribution is 5.81. The smallest absolute Gasteiger partial charge is 0.319 e. The Kier molecular flexibility index (Phi) is 4.69. The summed E-state index contributed by atoms with van der Waals surface area (Å²) in [5, 5.41) is 1.13. The van der Waals surface area contributed by atoms with Crippen molar-refractivity contribution in [2.45, 2.75) is 26.4 Å². The summed E-state index contributed by atoms with van der Waals surface area (Å²) in [7, 11) is 1.42. The van der Waals surface area contributed by atoms with E-state index in [1.807, 2.05) is 30.5 Å². The predicted molar refractivity (Wildman–Crippen MR) is 79.3 cm³/mol. The number of aromatic nitrogens is 1. The van der Waals surface area contributed by atoms with Crippen molar-refractivity contribution in [1.82, 2.24) is 9.88 Å². The molecule has 0 aliphatic rings. The summed E-state index contributed by atoms with van der Waals surface area (Å²) in [5.74, 6) is -0.211. The number of rotatable bonds is 5. The monoisotopic (exact) mass is 272 g/mol. The van der Waals surface area contributed by atoms with Gasteiger partial charge in [0.1, 0.15) is 0 Å². The van der Waals surface area contributed by atoms with Crippen LogP contribution in [0, 0.1) is 0 Å². The molecule has 2 aromatic rings. The molecule has 0 saturated carbocycles. The van der Waals surface area contributed by atoms with Gasteiger partial charge in [-0.25, -0.2) is 0 Å². The number of carbonyl (C=O) groups is 1. The van der Waals surface area contributed by atoms with Gasteiger partial charge in [-0.05, 0) is 31.5 Å². The van der Waals surface area contributed by atoms with Gasteiger partial charge in [0.05, 0.1) is 19.2 Å². The number of methoxy groups -OCH3 is 1. The molecule has 0 bridgehead atoms. The topological polar surface area (TPSA) is 42.4 Å². The maximum Gasteiger partial charge on any atom is 0.319 e. The lowest BCUT2D eigenvalue weighted by Gasteiger charge is -2.25. The summed E-state index contributed by atoms with van der Waals surface area (Å²) < 4.78 is 4.76. The van der Waals surface area contributed by atoms with Crippen LogP contribution in [-0.4, -0.2) is 35.5 Å². The molecule has 0 N–H and O–H groups in total. The summed E-state index contributed by atoms with van der Waals surface area (Å²) in [4.78, 5) is 18.0. The zero-order chi connectivity index (χ0) is 14.5. The highest BCUT2D eigenvalue weighted by Crippen LogP contribution is 2.18. The van der Waals surface area contributed by atoms with E-state index in [9.17, 15) is 4.79 Å². The largest absolute Gasteiger partial charge is 0.468 e. The van der Waals surface area contributed by atoms with Gasteiger partial charge in [-0.3, -0.25) is 14.7 Å². The first-order valence-corrected chi connectivity index (χ1v) is 6.75. The molecule has 106 valence electrons. The van der Waals surface area contributed by atoms with Crippen LogP contribution in [0.4, 0.5) is 0 Å². The van der Waals surface area contributed by atoms with Gasteiger partial charge in [-0.15, -0.1) is 0 Å². The van der Waals surface area contributed by atoms with Crippen molar-refractivity contribution in [2.24, 2.45) is 0 Å². The molecule has 0 fully saturated rings. The molecular weight excluding hydrogens is 252 g/mol. The van der Waals surface area contributed by atoms with Gasteiger partial charge in [0.2, 0.25) is 0 Å². The molecule has 1 aromatic carbocycles. The number of fused-ring (bicyclic) bond motifs is 1. The van der Waals surface area contributed by atoms with Crippen molar-refractivity contribution in [1.29, 1.82) is 0 Å². The number of nitrogens with zero attached hydrogens (tertiary/aromatic N) is 2. The summed E-state index contributed by atoms with van der Waals surface area (Å²) in [6.07, 6.45) is 1.81. The molecule has 4 nitrogen and oxygen atoms in total. The Labute approximate surface area is 119 Å². The van der Waals surface area contributed by atoms with E-state index in [4.69, 9.17) is 4.74 Å². The summed E-state index contributed by atoms with van der Waals surface area (Å²) in [6, 6.07) is 10.3. The molecule has 0 radical (unpaired) electrons. The second-order valence-corrected chi connectivity index (χ2v) is 5.06. The Morgan fingerprint density at radius 1 is 1.30 bits per heavy atom. The molecule has 0 unspecified atom stereocenters. The highest BCUT2D eigenvalue weighted by Gasteiger charge is 2.16. The zero-order valence-electron chi connectivity index (χ0n) is 12.2. The molecule has 0 amide bonds. The normalized spacial score (nSPS) is 11.2. The Balaban J connectivity index is 2.26. The number of benzene rings is 1. The van der Waals surface area contributed by atoms with Crippen molar-refractivity contribution in [3.63, 3.8) is 0 Å². The molecule has 20 heavy (non-hydrogen) atoms. The summed E-state index contributed by atoms with van der Waals surface area (Å²) in [6.45, 7) is 5.15. The highest BCUT2D eigenvalue weighted by atomic mass is 16.5. The van der Waals surface area contributed by atoms with Crippen LogP contribution in [-0.2, 0) is 16.1 Å². The number of hydrogen-bond donors (Lipinski definition) is 0. The van der Waals surface area contributed by atoms with E-state index in [2.05, 4.69) is 29.8 Å². The number of esters is 1. The van der Waals surface area contributed by atoms with E-state index in [0.29, 0.717) is 13.1 Å². The summed E-state index contributed by atoms with van der Waals surface area (Å²) >= 11 is 0. The second-order valence-electron chi connectivity index (χ2n) is 5.06. The lowest BCUT2D eigenvalue weighted by Crippen LogP contribution is -2.35. The van der Waals surface area contributed by atoms with Gasteiger partial charge in [0.15, 0.2) is 0 Å². The van der Waals surface area contributed by atoms with E-state index in [1.165, 1.54) is 12.7 Å². The minimum atomic E-state index is -0.211. The molecule has 0 spiro atoms. The number of pyridine rings is 1. The lowest BCUT2D eigenvalue weighted by molar-refractivity contribution is -0.142. The molecular formula is C16H20N2O2. The average molecular weight is 272 g/mol. The lowest BCUT2D eigenvalue weighted by atomic mass is 10.1. The Morgan fingerprint density at radius 3 is 2.75 bits per heavy atom. The van der Waals surface area contributed by atoms with Crippen LogP contribution in [0.1, 0.15) is 19.4 Å². The quantitative estimate of drug-likeness (QED) is 0.785. The van der Waals surface area contributed by atoms with Crippen LogP contribution < -0.4 is 0 Å². The number of para-hydroxylation sites is 1. The van der Waals surface area contributed by atoms with E-state index in [-0.39, 0.29) is 12.0 Å². The molecule has 0 aliphatic carbocycles. The first-order valence-electron chi connectivity index (χ1n) is 6.75. The Bertz CT molecular complexity index is 591. The Hall–Kier alpha value is -1.94. The first kappa shape index (κ1) is 14.5. The standard InChI is InChI=1S/C16H20N2O2/c1-12(2)18(11-16(19)20-3)10-13-8-9-17-15-7-5-4-6-14(13)15/h4-9,12H,10-11H2,1-3H3. The third kappa shape index (κ3) is 3.33. The minimum Gasteiger partial charge on any atom is -0.468 e. The predicted octanol–water partition coefficient (Wildman–Crippen LogP) is 2.62. The van der Waals surface area contributed by atoms with Gasteiger partial charge in [0.25, 0.3) is 0 Å². The third-order valence-corrected chi connectivity index (χ3v) is 3.40. The van der Waals surface area contributed by atoms with E-state index >= 15 is 0 Å². The number of carbonyl (C=O) groups excluding carboxylic acids is 1. The molecule has 1 aromatic heterocycles. The van der Waals surface area contributed by atoms with Gasteiger partial charge in [-0.2, -0.15) is 0 Å². The van der Waals surface area contributed by atoms with E-state index < -0.39 is 0 Å². The summed E-state index contributed by atoms with van der Waals surface area (Å²) in [5.41, 5.74) is 2.15. The van der Waals surface area contributed by atoms with Crippen molar-refractivity contribution in [2.75, 3.05) is 13.7 Å². The van der Waals surface area contributed by atoms with Crippen LogP contribution in [0.3, 0.4) is 0 Å². The maximum atomic E-state index is 11.5. The van der Waals surface area contributed by atoms with Gasteiger partial charge < -0.3 is 4.74 Å². The van der Waals surface area contributed by atoms with Crippen molar-refractivity contribution in [3.8, 4) is 0 Å². The minimum absolute atomic E-state index is 0.211. The van der Waals surface area contributed by atoms with E-state index in [1.54, 1.807) is 0 Å². The second kappa shape index (κ2) is 6.48. The maximum absolute atomic E-state index is 11.5. The first-order chi connectivity index (χ1) is 9.61. The van der Waals surface area contributed by atoms with Crippen LogP contribution in [0.5, 0.6) is 0 Å². The molecule has 0 aliphatic heterocycles. The molecule has 0 saturated heterocycles. The molecule has 1 heterocycles. The van der Waals surface area contributed by atoms with Crippen molar-refractivity contribution < 1.29 is 9.53 Å². The number of hydrogen-bond acceptors (Lipinski definition) is 4. The molecule has 0 atom stereocenters. The average Bonchev–Trinajstić information content (AvgIpc) is 2.46. The van der Waals surface area contributed by atoms with Crippen LogP contribution in [0.2, 0.25) is 0 Å². The molecule has 4 heteroatoms. The van der Waals surface area contributed by atoms with E-state index in [0.717, 1.165) is 10.9 Å². The molecule has 2 rings (SSSR count). The van der Waals surface area contributed by atoms with Crippen LogP contribution >= 0.6 is 0 Å². The third-order valence-electron chi connectivity index (χ3n) is 3.40. The Morgan fingerprint density at radius 2 is 2.05 bits per heavy atom. The fourth-order valence-electron chi connectivity index (χ4n) is 2.16. The zero-order valence-corrected chi connectivity index (χ0v) is 12.2. The fraction of sp³-hybridized carbons (Fsp3) is 0.375. The van der Waals surface area contributed by atoms with Crippen LogP contribution in [0.25, 0.3) is 10.9 Å². The number of ether oxygens (including phenoxy) is 1. The fourth-order valence-corrected chi connectivity index (χ4v) is 2.16.